The number of thioether (sulfide) groups is 2. The molecule has 0 aliphatic rings. The standard InChI is InChI=1S/C22H23NO5S3/c1-22(2,29)17(19(25)26)23-18(24)16(31-21(28)15-11-7-4-8-12-15)13-30-20(27)14-9-5-3-6-10-14/h3-12,16-17,29H,13H2,1-2H3,(H,23,24)(H,25,26)/t16?,17-/m1/s1. The van der Waals surface area contributed by atoms with Gasteiger partial charge < -0.3 is 10.4 Å². The number of carboxylic acid groups (broad SMARTS) is 1. The van der Waals surface area contributed by atoms with Gasteiger partial charge in [-0.3, -0.25) is 14.4 Å². The first-order chi connectivity index (χ1) is 14.6. The van der Waals surface area contributed by atoms with E-state index in [4.69, 9.17) is 0 Å². The molecule has 1 amide bonds. The molecule has 0 spiro atoms. The summed E-state index contributed by atoms with van der Waals surface area (Å²) in [6, 6.07) is 15.8. The van der Waals surface area contributed by atoms with Crippen molar-refractivity contribution in [1.29, 1.82) is 0 Å². The monoisotopic (exact) mass is 477 g/mol. The van der Waals surface area contributed by atoms with E-state index in [2.05, 4.69) is 17.9 Å². The highest BCUT2D eigenvalue weighted by atomic mass is 32.2. The average Bonchev–Trinajstić information content (AvgIpc) is 2.74. The van der Waals surface area contributed by atoms with Gasteiger partial charge in [0, 0.05) is 21.6 Å². The number of carbonyl (C=O) groups is 4. The van der Waals surface area contributed by atoms with Crippen LogP contribution in [-0.2, 0) is 9.59 Å². The second-order valence-electron chi connectivity index (χ2n) is 7.16. The summed E-state index contributed by atoms with van der Waals surface area (Å²) in [5.74, 6) is -1.88. The highest BCUT2D eigenvalue weighted by Crippen LogP contribution is 2.25. The molecule has 0 heterocycles. The lowest BCUT2D eigenvalue weighted by Gasteiger charge is -2.28. The fourth-order valence-corrected chi connectivity index (χ4v) is 4.63. The molecule has 2 aromatic carbocycles. The minimum Gasteiger partial charge on any atom is -0.480 e. The molecule has 2 atom stereocenters. The molecule has 0 saturated carbocycles. The molecule has 9 heteroatoms. The normalized spacial score (nSPS) is 13.1. The van der Waals surface area contributed by atoms with Crippen molar-refractivity contribution in [1.82, 2.24) is 5.32 Å². The summed E-state index contributed by atoms with van der Waals surface area (Å²) in [5.41, 5.74) is 0.889. The summed E-state index contributed by atoms with van der Waals surface area (Å²) in [6.45, 7) is 3.14. The van der Waals surface area contributed by atoms with Gasteiger partial charge in [-0.15, -0.1) is 0 Å². The molecule has 0 bridgehead atoms. The maximum atomic E-state index is 12.9. The molecule has 164 valence electrons. The first-order valence-electron chi connectivity index (χ1n) is 9.33. The number of carbonyl (C=O) groups excluding carboxylic acids is 3. The number of hydrogen-bond donors (Lipinski definition) is 3. The van der Waals surface area contributed by atoms with Crippen LogP contribution in [0.25, 0.3) is 0 Å². The quantitative estimate of drug-likeness (QED) is 0.473. The third-order valence-corrected chi connectivity index (χ3v) is 6.75. The molecular formula is C22H23NO5S3. The molecule has 31 heavy (non-hydrogen) atoms. The van der Waals surface area contributed by atoms with Crippen molar-refractivity contribution < 1.29 is 24.3 Å². The summed E-state index contributed by atoms with van der Waals surface area (Å²) in [6.07, 6.45) is 0. The van der Waals surface area contributed by atoms with E-state index in [0.29, 0.717) is 11.1 Å². The summed E-state index contributed by atoms with van der Waals surface area (Å²) < 4.78 is -1.03. The van der Waals surface area contributed by atoms with Gasteiger partial charge in [-0.25, -0.2) is 4.79 Å². The minimum absolute atomic E-state index is 0.00212. The summed E-state index contributed by atoms with van der Waals surface area (Å²) in [7, 11) is 0. The van der Waals surface area contributed by atoms with E-state index in [1.165, 1.54) is 0 Å². The van der Waals surface area contributed by atoms with Crippen LogP contribution in [-0.4, -0.2) is 49.0 Å². The van der Waals surface area contributed by atoms with Gasteiger partial charge in [-0.2, -0.15) is 12.6 Å². The molecule has 2 aromatic rings. The van der Waals surface area contributed by atoms with Crippen molar-refractivity contribution in [3.05, 3.63) is 71.8 Å². The summed E-state index contributed by atoms with van der Waals surface area (Å²) >= 11 is 5.94. The van der Waals surface area contributed by atoms with Gasteiger partial charge in [0.2, 0.25) is 16.1 Å². The lowest BCUT2D eigenvalue weighted by molar-refractivity contribution is -0.142. The first kappa shape index (κ1) is 25.0. The fourth-order valence-electron chi connectivity index (χ4n) is 2.52. The topological polar surface area (TPSA) is 101 Å². The van der Waals surface area contributed by atoms with E-state index in [9.17, 15) is 24.3 Å². The number of amides is 1. The van der Waals surface area contributed by atoms with Crippen LogP contribution in [0.15, 0.2) is 60.7 Å². The molecule has 2 rings (SSSR count). The van der Waals surface area contributed by atoms with Crippen LogP contribution >= 0.6 is 36.2 Å². The van der Waals surface area contributed by atoms with E-state index >= 15 is 0 Å². The van der Waals surface area contributed by atoms with Gasteiger partial charge in [0.05, 0.1) is 0 Å². The van der Waals surface area contributed by atoms with E-state index in [1.54, 1.807) is 74.5 Å². The van der Waals surface area contributed by atoms with Gasteiger partial charge >= 0.3 is 5.97 Å². The van der Waals surface area contributed by atoms with Crippen molar-refractivity contribution in [3.8, 4) is 0 Å². The largest absolute Gasteiger partial charge is 0.480 e. The SMILES string of the molecule is CC(C)(S)[C@H](NC(=O)C(CSC(=O)c1ccccc1)SC(=O)c1ccccc1)C(=O)O. The van der Waals surface area contributed by atoms with Crippen LogP contribution in [0, 0.1) is 0 Å². The number of rotatable bonds is 9. The van der Waals surface area contributed by atoms with Crippen LogP contribution in [0.1, 0.15) is 34.6 Å². The van der Waals surface area contributed by atoms with E-state index in [-0.39, 0.29) is 16.0 Å². The second kappa shape index (κ2) is 11.4. The second-order valence-corrected chi connectivity index (χ2v) is 10.5. The van der Waals surface area contributed by atoms with Crippen molar-refractivity contribution in [3.63, 3.8) is 0 Å². The van der Waals surface area contributed by atoms with Crippen LogP contribution in [0.2, 0.25) is 0 Å². The zero-order valence-electron chi connectivity index (χ0n) is 17.0. The van der Waals surface area contributed by atoms with Gasteiger partial charge in [0.15, 0.2) is 0 Å². The molecular weight excluding hydrogens is 454 g/mol. The maximum Gasteiger partial charge on any atom is 0.327 e. The Labute approximate surface area is 195 Å². The number of carboxylic acids is 1. The van der Waals surface area contributed by atoms with Crippen LogP contribution in [0.3, 0.4) is 0 Å². The third-order valence-electron chi connectivity index (χ3n) is 4.17. The molecule has 0 saturated heterocycles. The lowest BCUT2D eigenvalue weighted by Crippen LogP contribution is -2.54. The maximum absolute atomic E-state index is 12.9. The van der Waals surface area contributed by atoms with Gasteiger partial charge in [0.1, 0.15) is 11.3 Å². The highest BCUT2D eigenvalue weighted by molar-refractivity contribution is 8.18. The smallest absolute Gasteiger partial charge is 0.327 e. The number of thiol groups is 1. The Kier molecular flexibility index (Phi) is 9.21. The van der Waals surface area contributed by atoms with Gasteiger partial charge in [-0.05, 0) is 13.8 Å². The Hall–Kier alpha value is -2.23. The Morgan fingerprint density at radius 3 is 1.87 bits per heavy atom. The van der Waals surface area contributed by atoms with Crippen LogP contribution in [0.5, 0.6) is 0 Å². The number of benzene rings is 2. The minimum atomic E-state index is -1.27. The number of aliphatic carboxylic acids is 1. The predicted molar refractivity (Wildman–Crippen MR) is 128 cm³/mol. The average molecular weight is 478 g/mol. The zero-order valence-corrected chi connectivity index (χ0v) is 19.5. The van der Waals surface area contributed by atoms with Gasteiger partial charge in [-0.1, -0.05) is 84.2 Å². The predicted octanol–water partition coefficient (Wildman–Crippen LogP) is 3.78. The summed E-state index contributed by atoms with van der Waals surface area (Å²) in [5, 5.41) is 10.4. The molecule has 0 aliphatic carbocycles. The van der Waals surface area contributed by atoms with E-state index in [0.717, 1.165) is 23.5 Å². The molecule has 0 radical (unpaired) electrons. The number of nitrogens with one attached hydrogen (secondary N) is 1. The van der Waals surface area contributed by atoms with Gasteiger partial charge in [0.25, 0.3) is 0 Å². The first-order valence-corrected chi connectivity index (χ1v) is 11.6. The Morgan fingerprint density at radius 1 is 0.935 bits per heavy atom. The third kappa shape index (κ3) is 7.75. The molecule has 1 unspecified atom stereocenters. The fraction of sp³-hybridized carbons (Fsp3) is 0.273. The van der Waals surface area contributed by atoms with Crippen molar-refractivity contribution >= 4 is 58.3 Å². The zero-order chi connectivity index (χ0) is 23.0. The van der Waals surface area contributed by atoms with E-state index in [1.807, 2.05) is 0 Å². The Morgan fingerprint density at radius 2 is 1.42 bits per heavy atom. The molecule has 0 aliphatic heterocycles. The Balaban J connectivity index is 2.17. The van der Waals surface area contributed by atoms with Crippen LogP contribution in [0.4, 0.5) is 0 Å². The molecule has 0 aromatic heterocycles. The summed E-state index contributed by atoms with van der Waals surface area (Å²) in [4.78, 5) is 49.6. The van der Waals surface area contributed by atoms with Crippen molar-refractivity contribution in [2.75, 3.05) is 5.75 Å². The van der Waals surface area contributed by atoms with Crippen molar-refractivity contribution in [2.24, 2.45) is 0 Å². The van der Waals surface area contributed by atoms with E-state index < -0.39 is 27.9 Å². The Bertz CT molecular complexity index is 929. The highest BCUT2D eigenvalue weighted by Gasteiger charge is 2.36. The molecule has 2 N–H and O–H groups in total. The molecule has 0 fully saturated rings. The lowest BCUT2D eigenvalue weighted by atomic mass is 10.0. The molecule has 6 nitrogen and oxygen atoms in total. The number of hydrogen-bond acceptors (Lipinski definition) is 7. The van der Waals surface area contributed by atoms with Crippen molar-refractivity contribution in [2.45, 2.75) is 29.9 Å². The van der Waals surface area contributed by atoms with Crippen LogP contribution < -0.4 is 5.32 Å².